The summed E-state index contributed by atoms with van der Waals surface area (Å²) in [5, 5.41) is 4.31. The maximum Gasteiger partial charge on any atom is 0.225 e. The lowest BCUT2D eigenvalue weighted by Crippen LogP contribution is -2.14. The fraction of sp³-hybridized carbons (Fsp3) is 0.385. The van der Waals surface area contributed by atoms with Crippen molar-refractivity contribution in [3.63, 3.8) is 0 Å². The van der Waals surface area contributed by atoms with Gasteiger partial charge in [-0.05, 0) is 19.1 Å². The largest absolute Gasteiger partial charge is 0.381 e. The molecule has 7 heteroatoms. The van der Waals surface area contributed by atoms with Gasteiger partial charge in [-0.1, -0.05) is 0 Å². The summed E-state index contributed by atoms with van der Waals surface area (Å²) in [5.41, 5.74) is 5.97. The highest BCUT2D eigenvalue weighted by Crippen LogP contribution is 2.09. The van der Waals surface area contributed by atoms with Crippen LogP contribution in [0.25, 0.3) is 5.69 Å². The first kappa shape index (κ1) is 14.1. The van der Waals surface area contributed by atoms with Crippen LogP contribution >= 0.6 is 0 Å². The fourth-order valence-corrected chi connectivity index (χ4v) is 1.78. The molecule has 0 aliphatic rings. The van der Waals surface area contributed by atoms with Crippen molar-refractivity contribution in [2.24, 2.45) is 5.73 Å². The molecule has 0 aliphatic heterocycles. The summed E-state index contributed by atoms with van der Waals surface area (Å²) in [6.07, 6.45) is 4.00. The third-order valence-electron chi connectivity index (χ3n) is 2.62. The molecule has 7 nitrogen and oxygen atoms in total. The topological polar surface area (TPSA) is 95.9 Å². The summed E-state index contributed by atoms with van der Waals surface area (Å²) in [6.45, 7) is 3.13. The van der Waals surface area contributed by atoms with Gasteiger partial charge in [-0.25, -0.2) is 9.67 Å². The molecule has 0 aliphatic carbocycles. The van der Waals surface area contributed by atoms with E-state index in [2.05, 4.69) is 15.1 Å². The van der Waals surface area contributed by atoms with E-state index in [1.165, 1.54) is 0 Å². The van der Waals surface area contributed by atoms with Gasteiger partial charge in [0.1, 0.15) is 5.82 Å². The van der Waals surface area contributed by atoms with Crippen molar-refractivity contribution in [2.45, 2.75) is 19.8 Å². The Balaban J connectivity index is 2.27. The van der Waals surface area contributed by atoms with Gasteiger partial charge in [0.25, 0.3) is 0 Å². The minimum absolute atomic E-state index is 0.0227. The van der Waals surface area contributed by atoms with Crippen LogP contribution in [0.2, 0.25) is 0 Å². The number of pyridine rings is 1. The average Bonchev–Trinajstić information content (AvgIpc) is 2.82. The molecule has 0 unspecified atom stereocenters. The number of amides is 1. The molecule has 106 valence electrons. The standard InChI is InChI=1S/C13H17N5O2/c1-2-20-7-5-13-16-12(8-11(14)19)17-18(13)10-4-3-6-15-9-10/h3-4,6,9H,2,5,7-8H2,1H3,(H2,14,19). The maximum atomic E-state index is 11.0. The Bertz CT molecular complexity index is 567. The van der Waals surface area contributed by atoms with Crippen LogP contribution < -0.4 is 5.73 Å². The fourth-order valence-electron chi connectivity index (χ4n) is 1.78. The zero-order valence-electron chi connectivity index (χ0n) is 11.3. The molecule has 2 heterocycles. The third kappa shape index (κ3) is 3.61. The van der Waals surface area contributed by atoms with E-state index in [4.69, 9.17) is 10.5 Å². The Kier molecular flexibility index (Phi) is 4.78. The van der Waals surface area contributed by atoms with E-state index in [0.29, 0.717) is 25.5 Å². The van der Waals surface area contributed by atoms with Crippen molar-refractivity contribution >= 4 is 5.91 Å². The maximum absolute atomic E-state index is 11.0. The number of carbonyl (C=O) groups is 1. The molecule has 1 amide bonds. The molecule has 0 spiro atoms. The van der Waals surface area contributed by atoms with E-state index in [-0.39, 0.29) is 6.42 Å². The SMILES string of the molecule is CCOCCc1nc(CC(N)=O)nn1-c1cccnc1. The second kappa shape index (κ2) is 6.76. The highest BCUT2D eigenvalue weighted by molar-refractivity contribution is 5.75. The van der Waals surface area contributed by atoms with Crippen LogP contribution in [0.3, 0.4) is 0 Å². The summed E-state index contributed by atoms with van der Waals surface area (Å²) in [5.74, 6) is 0.681. The first-order chi connectivity index (χ1) is 9.70. The summed E-state index contributed by atoms with van der Waals surface area (Å²) in [6, 6.07) is 3.69. The Labute approximate surface area is 116 Å². The van der Waals surface area contributed by atoms with Gasteiger partial charge in [-0.2, -0.15) is 5.10 Å². The molecule has 0 saturated heterocycles. The summed E-state index contributed by atoms with van der Waals surface area (Å²) >= 11 is 0. The lowest BCUT2D eigenvalue weighted by atomic mass is 10.3. The minimum Gasteiger partial charge on any atom is -0.381 e. The van der Waals surface area contributed by atoms with Gasteiger partial charge in [-0.15, -0.1) is 0 Å². The van der Waals surface area contributed by atoms with Crippen molar-refractivity contribution in [3.05, 3.63) is 36.2 Å². The van der Waals surface area contributed by atoms with Gasteiger partial charge >= 0.3 is 0 Å². The molecule has 0 aromatic carbocycles. The average molecular weight is 275 g/mol. The van der Waals surface area contributed by atoms with Crippen LogP contribution in [-0.2, 0) is 22.4 Å². The molecule has 0 saturated carbocycles. The van der Waals surface area contributed by atoms with Crippen molar-refractivity contribution in [1.82, 2.24) is 19.7 Å². The zero-order valence-corrected chi connectivity index (χ0v) is 11.3. The first-order valence-electron chi connectivity index (χ1n) is 6.42. The highest BCUT2D eigenvalue weighted by atomic mass is 16.5. The molecule has 0 radical (unpaired) electrons. The van der Waals surface area contributed by atoms with Crippen molar-refractivity contribution in [2.75, 3.05) is 13.2 Å². The Morgan fingerprint density at radius 2 is 2.35 bits per heavy atom. The highest BCUT2D eigenvalue weighted by Gasteiger charge is 2.13. The quantitative estimate of drug-likeness (QED) is 0.732. The second-order valence-electron chi connectivity index (χ2n) is 4.16. The van der Waals surface area contributed by atoms with Gasteiger partial charge in [-0.3, -0.25) is 9.78 Å². The van der Waals surface area contributed by atoms with Gasteiger partial charge in [0.15, 0.2) is 5.82 Å². The smallest absolute Gasteiger partial charge is 0.225 e. The van der Waals surface area contributed by atoms with Crippen LogP contribution in [0.4, 0.5) is 0 Å². The number of nitrogens with zero attached hydrogens (tertiary/aromatic N) is 4. The van der Waals surface area contributed by atoms with E-state index >= 15 is 0 Å². The van der Waals surface area contributed by atoms with Gasteiger partial charge < -0.3 is 10.5 Å². The third-order valence-corrected chi connectivity index (χ3v) is 2.62. The predicted octanol–water partition coefficient (Wildman–Crippen LogP) is 0.269. The van der Waals surface area contributed by atoms with Gasteiger partial charge in [0, 0.05) is 19.2 Å². The Morgan fingerprint density at radius 1 is 1.50 bits per heavy atom. The van der Waals surface area contributed by atoms with Crippen LogP contribution in [0, 0.1) is 0 Å². The van der Waals surface area contributed by atoms with Crippen LogP contribution in [0.1, 0.15) is 18.6 Å². The van der Waals surface area contributed by atoms with E-state index in [1.54, 1.807) is 17.1 Å². The summed E-state index contributed by atoms with van der Waals surface area (Å²) in [4.78, 5) is 19.4. The molecule has 2 rings (SSSR count). The number of ether oxygens (including phenoxy) is 1. The number of aromatic nitrogens is 4. The molecule has 20 heavy (non-hydrogen) atoms. The van der Waals surface area contributed by atoms with E-state index in [1.807, 2.05) is 19.1 Å². The molecule has 2 aromatic rings. The number of rotatable bonds is 7. The van der Waals surface area contributed by atoms with Gasteiger partial charge in [0.2, 0.25) is 5.91 Å². The Hall–Kier alpha value is -2.28. The normalized spacial score (nSPS) is 10.7. The van der Waals surface area contributed by atoms with Gasteiger partial charge in [0.05, 0.1) is 24.9 Å². The van der Waals surface area contributed by atoms with Crippen molar-refractivity contribution in [3.8, 4) is 5.69 Å². The summed E-state index contributed by atoms with van der Waals surface area (Å²) < 4.78 is 7.00. The van der Waals surface area contributed by atoms with E-state index in [9.17, 15) is 4.79 Å². The number of carbonyl (C=O) groups excluding carboxylic acids is 1. The van der Waals surface area contributed by atoms with Crippen molar-refractivity contribution < 1.29 is 9.53 Å². The minimum atomic E-state index is -0.454. The number of hydrogen-bond acceptors (Lipinski definition) is 5. The molecule has 2 aromatic heterocycles. The van der Waals surface area contributed by atoms with Crippen molar-refractivity contribution in [1.29, 1.82) is 0 Å². The molecular weight excluding hydrogens is 258 g/mol. The number of primary amides is 1. The second-order valence-corrected chi connectivity index (χ2v) is 4.16. The predicted molar refractivity (Wildman–Crippen MR) is 72.2 cm³/mol. The van der Waals surface area contributed by atoms with E-state index < -0.39 is 5.91 Å². The van der Waals surface area contributed by atoms with Crippen LogP contribution in [-0.4, -0.2) is 38.9 Å². The van der Waals surface area contributed by atoms with E-state index in [0.717, 1.165) is 11.5 Å². The molecule has 0 atom stereocenters. The lowest BCUT2D eigenvalue weighted by molar-refractivity contribution is -0.117. The Morgan fingerprint density at radius 3 is 3.00 bits per heavy atom. The first-order valence-corrected chi connectivity index (χ1v) is 6.42. The number of nitrogens with two attached hydrogens (primary N) is 1. The monoisotopic (exact) mass is 275 g/mol. The zero-order chi connectivity index (χ0) is 14.4. The molecule has 0 bridgehead atoms. The molecule has 2 N–H and O–H groups in total. The lowest BCUT2D eigenvalue weighted by Gasteiger charge is -2.05. The summed E-state index contributed by atoms with van der Waals surface area (Å²) in [7, 11) is 0. The van der Waals surface area contributed by atoms with Crippen LogP contribution in [0.15, 0.2) is 24.5 Å². The molecule has 0 fully saturated rings. The number of hydrogen-bond donors (Lipinski definition) is 1. The molecular formula is C13H17N5O2. The van der Waals surface area contributed by atoms with Crippen LogP contribution in [0.5, 0.6) is 0 Å².